The van der Waals surface area contributed by atoms with Crippen LogP contribution in [-0.4, -0.2) is 27.7 Å². The average molecular weight is 380 g/mol. The van der Waals surface area contributed by atoms with Crippen molar-refractivity contribution >= 4 is 17.5 Å². The maximum absolute atomic E-state index is 11.9. The zero-order valence-electron chi connectivity index (χ0n) is 15.2. The van der Waals surface area contributed by atoms with Crippen LogP contribution in [0.4, 0.5) is 11.5 Å². The molecule has 0 aliphatic heterocycles. The highest BCUT2D eigenvalue weighted by Crippen LogP contribution is 2.34. The van der Waals surface area contributed by atoms with Crippen LogP contribution in [0.2, 0.25) is 0 Å². The van der Waals surface area contributed by atoms with Gasteiger partial charge in [0.05, 0.1) is 18.6 Å². The van der Waals surface area contributed by atoms with Crippen molar-refractivity contribution in [2.24, 2.45) is 0 Å². The SMILES string of the molecule is CCOc1cc(-c2ccccc2CC(=O)O)ccc1-c1nc(N)c(N)c(=O)[nH]1. The fraction of sp³-hybridized carbons (Fsp3) is 0.150. The number of nitrogens with two attached hydrogens (primary N) is 2. The molecule has 0 fully saturated rings. The number of hydrogen-bond acceptors (Lipinski definition) is 6. The molecule has 1 heterocycles. The van der Waals surface area contributed by atoms with Crippen LogP contribution in [0.3, 0.4) is 0 Å². The Morgan fingerprint density at radius 3 is 2.61 bits per heavy atom. The van der Waals surface area contributed by atoms with Gasteiger partial charge in [0.15, 0.2) is 5.82 Å². The summed E-state index contributed by atoms with van der Waals surface area (Å²) in [4.78, 5) is 29.8. The molecule has 0 radical (unpaired) electrons. The van der Waals surface area contributed by atoms with E-state index in [1.54, 1.807) is 24.3 Å². The molecule has 0 saturated heterocycles. The molecule has 8 nitrogen and oxygen atoms in total. The molecule has 0 aliphatic carbocycles. The Hall–Kier alpha value is -3.81. The van der Waals surface area contributed by atoms with E-state index in [0.717, 1.165) is 11.1 Å². The van der Waals surface area contributed by atoms with E-state index in [2.05, 4.69) is 9.97 Å². The van der Waals surface area contributed by atoms with Crippen LogP contribution < -0.4 is 21.8 Å². The van der Waals surface area contributed by atoms with Crippen molar-refractivity contribution in [3.8, 4) is 28.3 Å². The minimum Gasteiger partial charge on any atom is -0.493 e. The van der Waals surface area contributed by atoms with Crippen molar-refractivity contribution in [2.75, 3.05) is 18.1 Å². The molecular formula is C20H20N4O4. The quantitative estimate of drug-likeness (QED) is 0.513. The van der Waals surface area contributed by atoms with E-state index >= 15 is 0 Å². The number of anilines is 2. The molecule has 3 rings (SSSR count). The van der Waals surface area contributed by atoms with E-state index in [4.69, 9.17) is 21.3 Å². The van der Waals surface area contributed by atoms with Gasteiger partial charge in [-0.05, 0) is 35.7 Å². The molecule has 0 bridgehead atoms. The Morgan fingerprint density at radius 2 is 1.93 bits per heavy atom. The number of ether oxygens (including phenoxy) is 1. The number of rotatable bonds is 6. The summed E-state index contributed by atoms with van der Waals surface area (Å²) in [6, 6.07) is 12.6. The first kappa shape index (κ1) is 19.0. The maximum atomic E-state index is 11.9. The van der Waals surface area contributed by atoms with Crippen LogP contribution in [0.1, 0.15) is 12.5 Å². The Bertz CT molecular complexity index is 1090. The third-order valence-electron chi connectivity index (χ3n) is 4.19. The van der Waals surface area contributed by atoms with Crippen LogP contribution in [-0.2, 0) is 11.2 Å². The fourth-order valence-corrected chi connectivity index (χ4v) is 2.91. The number of aromatic nitrogens is 2. The van der Waals surface area contributed by atoms with Crippen molar-refractivity contribution in [2.45, 2.75) is 13.3 Å². The van der Waals surface area contributed by atoms with Crippen molar-refractivity contribution in [1.29, 1.82) is 0 Å². The molecule has 0 spiro atoms. The lowest BCUT2D eigenvalue weighted by Gasteiger charge is -2.14. The van der Waals surface area contributed by atoms with Crippen molar-refractivity contribution in [1.82, 2.24) is 9.97 Å². The standard InChI is InChI=1S/C20H20N4O4/c1-2-28-15-9-12(13-6-4-3-5-11(13)10-16(25)26)7-8-14(15)19-23-18(22)17(21)20(27)24-19/h3-9H,2,10,21H2,1H3,(H,25,26)(H3,22,23,24,27). The molecule has 6 N–H and O–H groups in total. The van der Waals surface area contributed by atoms with E-state index in [1.165, 1.54) is 0 Å². The van der Waals surface area contributed by atoms with E-state index < -0.39 is 11.5 Å². The second kappa shape index (κ2) is 7.83. The van der Waals surface area contributed by atoms with Crippen molar-refractivity contribution < 1.29 is 14.6 Å². The van der Waals surface area contributed by atoms with Gasteiger partial charge in [-0.1, -0.05) is 30.3 Å². The number of aromatic amines is 1. The zero-order chi connectivity index (χ0) is 20.3. The molecule has 8 heteroatoms. The Morgan fingerprint density at radius 1 is 1.18 bits per heavy atom. The van der Waals surface area contributed by atoms with Gasteiger partial charge in [-0.25, -0.2) is 4.98 Å². The number of carboxylic acid groups (broad SMARTS) is 1. The summed E-state index contributed by atoms with van der Waals surface area (Å²) < 4.78 is 5.73. The van der Waals surface area contributed by atoms with Crippen LogP contribution in [0.5, 0.6) is 5.75 Å². The number of nitrogens with zero attached hydrogens (tertiary/aromatic N) is 1. The highest BCUT2D eigenvalue weighted by molar-refractivity contribution is 5.79. The van der Waals surface area contributed by atoms with Gasteiger partial charge in [0.25, 0.3) is 5.56 Å². The maximum Gasteiger partial charge on any atom is 0.307 e. The lowest BCUT2D eigenvalue weighted by atomic mass is 9.96. The Kier molecular flexibility index (Phi) is 5.30. The van der Waals surface area contributed by atoms with E-state index in [9.17, 15) is 9.59 Å². The predicted octanol–water partition coefficient (Wildman–Crippen LogP) is 2.29. The molecule has 1 aromatic heterocycles. The topological polar surface area (TPSA) is 144 Å². The minimum atomic E-state index is -0.909. The summed E-state index contributed by atoms with van der Waals surface area (Å²) >= 11 is 0. The summed E-state index contributed by atoms with van der Waals surface area (Å²) in [6.07, 6.45) is -0.0920. The molecule has 0 atom stereocenters. The second-order valence-corrected chi connectivity index (χ2v) is 6.09. The second-order valence-electron chi connectivity index (χ2n) is 6.09. The molecule has 0 unspecified atom stereocenters. The zero-order valence-corrected chi connectivity index (χ0v) is 15.2. The molecule has 0 saturated carbocycles. The average Bonchev–Trinajstić information content (AvgIpc) is 2.66. The summed E-state index contributed by atoms with van der Waals surface area (Å²) in [5, 5.41) is 9.16. The van der Waals surface area contributed by atoms with Crippen molar-refractivity contribution in [3.63, 3.8) is 0 Å². The monoisotopic (exact) mass is 380 g/mol. The third kappa shape index (κ3) is 3.80. The fourth-order valence-electron chi connectivity index (χ4n) is 2.91. The van der Waals surface area contributed by atoms with Crippen LogP contribution in [0.25, 0.3) is 22.5 Å². The molecule has 144 valence electrons. The number of hydrogen-bond donors (Lipinski definition) is 4. The summed E-state index contributed by atoms with van der Waals surface area (Å²) in [7, 11) is 0. The first-order valence-electron chi connectivity index (χ1n) is 8.63. The molecule has 3 aromatic rings. The number of carbonyl (C=O) groups is 1. The molecule has 28 heavy (non-hydrogen) atoms. The Labute approximate surface area is 160 Å². The number of nitrogens with one attached hydrogen (secondary N) is 1. The van der Waals surface area contributed by atoms with Gasteiger partial charge >= 0.3 is 5.97 Å². The molecule has 0 aliphatic rings. The summed E-state index contributed by atoms with van der Waals surface area (Å²) in [6.45, 7) is 2.23. The van der Waals surface area contributed by atoms with E-state index in [0.29, 0.717) is 23.5 Å². The largest absolute Gasteiger partial charge is 0.493 e. The van der Waals surface area contributed by atoms with Crippen molar-refractivity contribution in [3.05, 3.63) is 58.4 Å². The van der Waals surface area contributed by atoms with Gasteiger partial charge in [-0.3, -0.25) is 9.59 Å². The van der Waals surface area contributed by atoms with Crippen LogP contribution in [0, 0.1) is 0 Å². The normalized spacial score (nSPS) is 10.6. The highest BCUT2D eigenvalue weighted by atomic mass is 16.5. The number of H-pyrrole nitrogens is 1. The van der Waals surface area contributed by atoms with Gasteiger partial charge in [-0.2, -0.15) is 0 Å². The first-order valence-corrected chi connectivity index (χ1v) is 8.63. The van der Waals surface area contributed by atoms with Gasteiger partial charge in [-0.15, -0.1) is 0 Å². The lowest BCUT2D eigenvalue weighted by molar-refractivity contribution is -0.136. The predicted molar refractivity (Wildman–Crippen MR) is 107 cm³/mol. The van der Waals surface area contributed by atoms with Gasteiger partial charge in [0.2, 0.25) is 0 Å². The summed E-state index contributed by atoms with van der Waals surface area (Å²) in [5.74, 6) is -0.242. The van der Waals surface area contributed by atoms with Crippen LogP contribution in [0.15, 0.2) is 47.3 Å². The smallest absolute Gasteiger partial charge is 0.307 e. The number of nitrogen functional groups attached to an aromatic ring is 2. The van der Waals surface area contributed by atoms with Gasteiger partial charge in [0, 0.05) is 0 Å². The lowest BCUT2D eigenvalue weighted by Crippen LogP contribution is -2.17. The molecule has 0 amide bonds. The van der Waals surface area contributed by atoms with Crippen LogP contribution >= 0.6 is 0 Å². The summed E-state index contributed by atoms with van der Waals surface area (Å²) in [5.41, 5.74) is 13.4. The molecule has 2 aromatic carbocycles. The minimum absolute atomic E-state index is 0.0583. The number of aliphatic carboxylic acids is 1. The number of carboxylic acids is 1. The van der Waals surface area contributed by atoms with Gasteiger partial charge in [0.1, 0.15) is 17.3 Å². The Balaban J connectivity index is 2.13. The third-order valence-corrected chi connectivity index (χ3v) is 4.19. The van der Waals surface area contributed by atoms with Gasteiger partial charge < -0.3 is 26.3 Å². The number of benzene rings is 2. The van der Waals surface area contributed by atoms with E-state index in [1.807, 2.05) is 25.1 Å². The highest BCUT2D eigenvalue weighted by Gasteiger charge is 2.15. The first-order chi connectivity index (χ1) is 13.4. The molecular weight excluding hydrogens is 360 g/mol. The van der Waals surface area contributed by atoms with E-state index in [-0.39, 0.29) is 23.8 Å².